The average molecular weight is 258 g/mol. The second kappa shape index (κ2) is 7.59. The average Bonchev–Trinajstić information content (AvgIpc) is 2.27. The fraction of sp³-hybridized carbons (Fsp3) is 0.923. The van der Waals surface area contributed by atoms with E-state index in [4.69, 9.17) is 9.47 Å². The molecule has 1 aliphatic heterocycles. The zero-order valence-corrected chi connectivity index (χ0v) is 11.8. The van der Waals surface area contributed by atoms with Crippen molar-refractivity contribution >= 4 is 6.09 Å². The third kappa shape index (κ3) is 7.50. The summed E-state index contributed by atoms with van der Waals surface area (Å²) in [5.74, 6) is 0.611. The fourth-order valence-electron chi connectivity index (χ4n) is 1.86. The van der Waals surface area contributed by atoms with Crippen LogP contribution in [0.15, 0.2) is 0 Å². The third-order valence-corrected chi connectivity index (χ3v) is 2.67. The van der Waals surface area contributed by atoms with Gasteiger partial charge in [-0.2, -0.15) is 0 Å². The van der Waals surface area contributed by atoms with Gasteiger partial charge in [0.15, 0.2) is 0 Å². The van der Waals surface area contributed by atoms with E-state index < -0.39 is 5.60 Å². The number of ether oxygens (including phenoxy) is 2. The van der Waals surface area contributed by atoms with Crippen LogP contribution >= 0.6 is 0 Å². The molecule has 2 N–H and O–H groups in total. The summed E-state index contributed by atoms with van der Waals surface area (Å²) < 4.78 is 10.7. The van der Waals surface area contributed by atoms with Crippen LogP contribution in [0.2, 0.25) is 0 Å². The smallest absolute Gasteiger partial charge is 0.407 e. The Balaban J connectivity index is 1.96. The number of hydrogen-bond donors (Lipinski definition) is 2. The van der Waals surface area contributed by atoms with Crippen LogP contribution in [0.3, 0.4) is 0 Å². The van der Waals surface area contributed by atoms with Crippen LogP contribution in [-0.4, -0.2) is 44.5 Å². The molecule has 5 nitrogen and oxygen atoms in total. The van der Waals surface area contributed by atoms with Crippen LogP contribution in [0.5, 0.6) is 0 Å². The molecule has 0 radical (unpaired) electrons. The van der Waals surface area contributed by atoms with E-state index >= 15 is 0 Å². The number of alkyl carbamates (subject to hydrolysis) is 1. The Morgan fingerprint density at radius 1 is 1.44 bits per heavy atom. The zero-order chi connectivity index (χ0) is 13.4. The minimum atomic E-state index is -0.446. The van der Waals surface area contributed by atoms with Crippen molar-refractivity contribution in [2.24, 2.45) is 5.92 Å². The molecule has 5 heteroatoms. The SMILES string of the molecule is CC(C)(C)OC(=O)NCCOC[C@@H]1CCCNC1. The zero-order valence-electron chi connectivity index (χ0n) is 11.8. The molecule has 18 heavy (non-hydrogen) atoms. The Kier molecular flexibility index (Phi) is 6.43. The van der Waals surface area contributed by atoms with E-state index in [-0.39, 0.29) is 6.09 Å². The van der Waals surface area contributed by atoms with Gasteiger partial charge in [-0.3, -0.25) is 0 Å². The topological polar surface area (TPSA) is 59.6 Å². The van der Waals surface area contributed by atoms with E-state index in [9.17, 15) is 4.79 Å². The molecule has 0 bridgehead atoms. The van der Waals surface area contributed by atoms with Gasteiger partial charge >= 0.3 is 6.09 Å². The molecule has 1 saturated heterocycles. The Bertz CT molecular complexity index is 245. The molecule has 1 rings (SSSR count). The van der Waals surface area contributed by atoms with E-state index in [0.29, 0.717) is 19.1 Å². The van der Waals surface area contributed by atoms with Gasteiger partial charge in [0.1, 0.15) is 5.60 Å². The highest BCUT2D eigenvalue weighted by Gasteiger charge is 2.16. The summed E-state index contributed by atoms with van der Waals surface area (Å²) in [7, 11) is 0. The standard InChI is InChI=1S/C13H26N2O3/c1-13(2,3)18-12(16)15-7-8-17-10-11-5-4-6-14-9-11/h11,14H,4-10H2,1-3H3,(H,15,16)/t11-/m1/s1. The summed E-state index contributed by atoms with van der Waals surface area (Å²) in [5, 5.41) is 6.03. The molecule has 1 fully saturated rings. The summed E-state index contributed by atoms with van der Waals surface area (Å²) in [6.45, 7) is 9.50. The van der Waals surface area contributed by atoms with Gasteiger partial charge in [-0.1, -0.05) is 0 Å². The molecule has 106 valence electrons. The molecular weight excluding hydrogens is 232 g/mol. The van der Waals surface area contributed by atoms with Gasteiger partial charge in [0.25, 0.3) is 0 Å². The first-order valence-corrected chi connectivity index (χ1v) is 6.73. The van der Waals surface area contributed by atoms with Crippen LogP contribution < -0.4 is 10.6 Å². The van der Waals surface area contributed by atoms with Crippen molar-refractivity contribution < 1.29 is 14.3 Å². The van der Waals surface area contributed by atoms with E-state index in [1.165, 1.54) is 12.8 Å². The third-order valence-electron chi connectivity index (χ3n) is 2.67. The normalized spacial score (nSPS) is 20.5. The van der Waals surface area contributed by atoms with Crippen molar-refractivity contribution in [1.29, 1.82) is 0 Å². The summed E-state index contributed by atoms with van der Waals surface area (Å²) in [4.78, 5) is 11.3. The van der Waals surface area contributed by atoms with Crippen LogP contribution in [0.4, 0.5) is 4.79 Å². The van der Waals surface area contributed by atoms with Crippen molar-refractivity contribution in [2.75, 3.05) is 32.8 Å². The number of carbonyl (C=O) groups is 1. The summed E-state index contributed by atoms with van der Waals surface area (Å²) in [6, 6.07) is 0. The molecule has 0 aliphatic carbocycles. The van der Waals surface area contributed by atoms with Crippen molar-refractivity contribution in [3.63, 3.8) is 0 Å². The number of piperidine rings is 1. The number of amides is 1. The van der Waals surface area contributed by atoms with Gasteiger partial charge in [-0.15, -0.1) is 0 Å². The lowest BCUT2D eigenvalue weighted by atomic mass is 10.0. The first kappa shape index (κ1) is 15.2. The molecule has 0 aromatic carbocycles. The molecule has 1 atom stereocenters. The molecule has 0 aromatic rings. The van der Waals surface area contributed by atoms with E-state index in [2.05, 4.69) is 10.6 Å². The lowest BCUT2D eigenvalue weighted by Crippen LogP contribution is -2.35. The van der Waals surface area contributed by atoms with Crippen molar-refractivity contribution in [3.05, 3.63) is 0 Å². The minimum Gasteiger partial charge on any atom is -0.444 e. The maximum Gasteiger partial charge on any atom is 0.407 e. The van der Waals surface area contributed by atoms with Crippen LogP contribution in [0.25, 0.3) is 0 Å². The van der Waals surface area contributed by atoms with Crippen molar-refractivity contribution in [1.82, 2.24) is 10.6 Å². The van der Waals surface area contributed by atoms with Gasteiger partial charge in [-0.05, 0) is 46.1 Å². The quantitative estimate of drug-likeness (QED) is 0.734. The second-order valence-electron chi connectivity index (χ2n) is 5.72. The molecule has 0 saturated carbocycles. The largest absolute Gasteiger partial charge is 0.444 e. The lowest BCUT2D eigenvalue weighted by Gasteiger charge is -2.22. The lowest BCUT2D eigenvalue weighted by molar-refractivity contribution is 0.0479. The molecule has 0 spiro atoms. The maximum atomic E-state index is 11.3. The molecule has 0 aromatic heterocycles. The predicted octanol–water partition coefficient (Wildman–Crippen LogP) is 1.53. The molecule has 1 aliphatic rings. The number of rotatable bonds is 5. The Labute approximate surface area is 110 Å². The minimum absolute atomic E-state index is 0.384. The van der Waals surface area contributed by atoms with Gasteiger partial charge in [0.2, 0.25) is 0 Å². The van der Waals surface area contributed by atoms with Crippen LogP contribution in [-0.2, 0) is 9.47 Å². The Hall–Kier alpha value is -0.810. The Morgan fingerprint density at radius 2 is 2.22 bits per heavy atom. The highest BCUT2D eigenvalue weighted by Crippen LogP contribution is 2.09. The van der Waals surface area contributed by atoms with Gasteiger partial charge in [0, 0.05) is 13.1 Å². The van der Waals surface area contributed by atoms with E-state index in [1.807, 2.05) is 20.8 Å². The fourth-order valence-corrected chi connectivity index (χ4v) is 1.86. The molecule has 1 heterocycles. The summed E-state index contributed by atoms with van der Waals surface area (Å²) in [5.41, 5.74) is -0.446. The molecular formula is C13H26N2O3. The van der Waals surface area contributed by atoms with E-state index in [0.717, 1.165) is 19.7 Å². The summed E-state index contributed by atoms with van der Waals surface area (Å²) >= 11 is 0. The van der Waals surface area contributed by atoms with Crippen LogP contribution in [0.1, 0.15) is 33.6 Å². The molecule has 1 amide bonds. The first-order chi connectivity index (χ1) is 8.47. The van der Waals surface area contributed by atoms with Gasteiger partial charge in [-0.25, -0.2) is 4.79 Å². The van der Waals surface area contributed by atoms with Crippen molar-refractivity contribution in [2.45, 2.75) is 39.2 Å². The number of nitrogens with one attached hydrogen (secondary N) is 2. The monoisotopic (exact) mass is 258 g/mol. The number of hydrogen-bond acceptors (Lipinski definition) is 4. The number of carbonyl (C=O) groups excluding carboxylic acids is 1. The van der Waals surface area contributed by atoms with E-state index in [1.54, 1.807) is 0 Å². The molecule has 0 unspecified atom stereocenters. The second-order valence-corrected chi connectivity index (χ2v) is 5.72. The Morgan fingerprint density at radius 3 is 2.83 bits per heavy atom. The maximum absolute atomic E-state index is 11.3. The summed E-state index contributed by atoms with van der Waals surface area (Å²) in [6.07, 6.45) is 2.07. The van der Waals surface area contributed by atoms with Crippen LogP contribution in [0, 0.1) is 5.92 Å². The highest BCUT2D eigenvalue weighted by atomic mass is 16.6. The van der Waals surface area contributed by atoms with Gasteiger partial charge in [0.05, 0.1) is 13.2 Å². The highest BCUT2D eigenvalue weighted by molar-refractivity contribution is 5.67. The van der Waals surface area contributed by atoms with Gasteiger partial charge < -0.3 is 20.1 Å². The first-order valence-electron chi connectivity index (χ1n) is 6.73. The predicted molar refractivity (Wildman–Crippen MR) is 70.6 cm³/mol. The van der Waals surface area contributed by atoms with Crippen molar-refractivity contribution in [3.8, 4) is 0 Å².